The SMILES string of the molecule is NC(=S)C1CCCN1C(=O)c1ccc(Cl)cc1F. The molecule has 0 radical (unpaired) electrons. The molecule has 1 unspecified atom stereocenters. The van der Waals surface area contributed by atoms with Crippen molar-refractivity contribution in [2.24, 2.45) is 5.73 Å². The number of benzene rings is 1. The topological polar surface area (TPSA) is 46.3 Å². The van der Waals surface area contributed by atoms with Crippen molar-refractivity contribution in [1.29, 1.82) is 0 Å². The fourth-order valence-corrected chi connectivity index (χ4v) is 2.53. The van der Waals surface area contributed by atoms with Crippen LogP contribution in [0, 0.1) is 5.82 Å². The zero-order valence-electron chi connectivity index (χ0n) is 9.53. The minimum atomic E-state index is -0.624. The Morgan fingerprint density at radius 3 is 2.89 bits per heavy atom. The average Bonchev–Trinajstić information content (AvgIpc) is 2.77. The largest absolute Gasteiger partial charge is 0.392 e. The maximum atomic E-state index is 13.7. The minimum Gasteiger partial charge on any atom is -0.392 e. The highest BCUT2D eigenvalue weighted by atomic mass is 35.5. The van der Waals surface area contributed by atoms with E-state index in [-0.39, 0.29) is 27.5 Å². The van der Waals surface area contributed by atoms with Crippen LogP contribution in [0.1, 0.15) is 23.2 Å². The van der Waals surface area contributed by atoms with E-state index in [1.807, 2.05) is 0 Å². The Morgan fingerprint density at radius 1 is 1.56 bits per heavy atom. The van der Waals surface area contributed by atoms with Crippen LogP contribution in [0.15, 0.2) is 18.2 Å². The van der Waals surface area contributed by atoms with Gasteiger partial charge in [-0.1, -0.05) is 23.8 Å². The highest BCUT2D eigenvalue weighted by Crippen LogP contribution is 2.23. The molecule has 1 aliphatic heterocycles. The molecule has 0 aromatic heterocycles. The van der Waals surface area contributed by atoms with E-state index in [1.165, 1.54) is 17.0 Å². The van der Waals surface area contributed by atoms with Gasteiger partial charge >= 0.3 is 0 Å². The molecule has 3 nitrogen and oxygen atoms in total. The van der Waals surface area contributed by atoms with E-state index >= 15 is 0 Å². The third kappa shape index (κ3) is 2.47. The van der Waals surface area contributed by atoms with E-state index in [9.17, 15) is 9.18 Å². The van der Waals surface area contributed by atoms with Gasteiger partial charge in [0.25, 0.3) is 5.91 Å². The second-order valence-corrected chi connectivity index (χ2v) is 5.09. The lowest BCUT2D eigenvalue weighted by Gasteiger charge is -2.23. The Labute approximate surface area is 115 Å². The molecule has 1 atom stereocenters. The first-order chi connectivity index (χ1) is 8.50. The Kier molecular flexibility index (Phi) is 3.82. The van der Waals surface area contributed by atoms with E-state index in [0.717, 1.165) is 18.9 Å². The number of carbonyl (C=O) groups is 1. The molecule has 1 fully saturated rings. The monoisotopic (exact) mass is 286 g/mol. The van der Waals surface area contributed by atoms with E-state index in [0.29, 0.717) is 6.54 Å². The Hall–Kier alpha value is -1.20. The highest BCUT2D eigenvalue weighted by molar-refractivity contribution is 7.80. The predicted octanol–water partition coefficient (Wildman–Crippen LogP) is 2.37. The first-order valence-electron chi connectivity index (χ1n) is 5.56. The first kappa shape index (κ1) is 13.2. The molecule has 0 bridgehead atoms. The number of likely N-dealkylation sites (tertiary alicyclic amines) is 1. The van der Waals surface area contributed by atoms with Gasteiger partial charge in [-0.2, -0.15) is 0 Å². The zero-order valence-corrected chi connectivity index (χ0v) is 11.1. The highest BCUT2D eigenvalue weighted by Gasteiger charge is 2.32. The second kappa shape index (κ2) is 5.20. The molecule has 1 saturated heterocycles. The van der Waals surface area contributed by atoms with Crippen LogP contribution in [0.4, 0.5) is 4.39 Å². The molecule has 2 rings (SSSR count). The smallest absolute Gasteiger partial charge is 0.257 e. The number of halogens is 2. The lowest BCUT2D eigenvalue weighted by molar-refractivity contribution is 0.0765. The van der Waals surface area contributed by atoms with Crippen molar-refractivity contribution < 1.29 is 9.18 Å². The molecule has 2 N–H and O–H groups in total. The Balaban J connectivity index is 2.28. The third-order valence-corrected chi connectivity index (χ3v) is 3.51. The van der Waals surface area contributed by atoms with Crippen molar-refractivity contribution in [2.45, 2.75) is 18.9 Å². The number of thiocarbonyl (C=S) groups is 1. The molecule has 0 spiro atoms. The van der Waals surface area contributed by atoms with Crippen LogP contribution in [0.2, 0.25) is 5.02 Å². The molecule has 0 aliphatic carbocycles. The van der Waals surface area contributed by atoms with E-state index in [4.69, 9.17) is 29.6 Å². The van der Waals surface area contributed by atoms with Crippen LogP contribution >= 0.6 is 23.8 Å². The maximum absolute atomic E-state index is 13.7. The molecule has 1 amide bonds. The fourth-order valence-electron chi connectivity index (χ4n) is 2.12. The number of nitrogens with zero attached hydrogens (tertiary/aromatic N) is 1. The first-order valence-corrected chi connectivity index (χ1v) is 6.34. The van der Waals surface area contributed by atoms with Crippen LogP contribution in [-0.4, -0.2) is 28.4 Å². The van der Waals surface area contributed by atoms with Crippen molar-refractivity contribution in [3.63, 3.8) is 0 Å². The summed E-state index contributed by atoms with van der Waals surface area (Å²) in [5.74, 6) is -1.01. The van der Waals surface area contributed by atoms with Crippen LogP contribution < -0.4 is 5.73 Å². The van der Waals surface area contributed by atoms with Gasteiger partial charge in [0.1, 0.15) is 5.82 Å². The molecule has 1 aliphatic rings. The van der Waals surface area contributed by atoms with Crippen LogP contribution in [0.25, 0.3) is 0 Å². The zero-order chi connectivity index (χ0) is 13.3. The van der Waals surface area contributed by atoms with E-state index in [2.05, 4.69) is 0 Å². The molecule has 1 heterocycles. The molecule has 1 aromatic rings. The number of rotatable bonds is 2. The average molecular weight is 287 g/mol. The van der Waals surface area contributed by atoms with Crippen molar-refractivity contribution in [3.05, 3.63) is 34.6 Å². The number of carbonyl (C=O) groups excluding carboxylic acids is 1. The molecular weight excluding hydrogens is 275 g/mol. The van der Waals surface area contributed by atoms with Gasteiger partial charge in [0, 0.05) is 11.6 Å². The van der Waals surface area contributed by atoms with Gasteiger partial charge < -0.3 is 10.6 Å². The van der Waals surface area contributed by atoms with Crippen molar-refractivity contribution in [3.8, 4) is 0 Å². The fraction of sp³-hybridized carbons (Fsp3) is 0.333. The number of amides is 1. The summed E-state index contributed by atoms with van der Waals surface area (Å²) in [4.78, 5) is 14.0. The summed E-state index contributed by atoms with van der Waals surface area (Å²) in [5, 5.41) is 0.261. The number of hydrogen-bond donors (Lipinski definition) is 1. The van der Waals surface area contributed by atoms with Crippen molar-refractivity contribution in [1.82, 2.24) is 4.90 Å². The third-order valence-electron chi connectivity index (χ3n) is 3.00. The predicted molar refractivity (Wildman–Crippen MR) is 72.3 cm³/mol. The Morgan fingerprint density at radius 2 is 2.28 bits per heavy atom. The van der Waals surface area contributed by atoms with Gasteiger partial charge in [0.05, 0.1) is 16.6 Å². The molecule has 6 heteroatoms. The number of nitrogens with two attached hydrogens (primary N) is 1. The standard InChI is InChI=1S/C12H12ClFN2OS/c13-7-3-4-8(9(14)6-7)12(17)16-5-1-2-10(16)11(15)18/h3-4,6,10H,1-2,5H2,(H2,15,18). The van der Waals surface area contributed by atoms with Crippen LogP contribution in [0.3, 0.4) is 0 Å². The van der Waals surface area contributed by atoms with E-state index in [1.54, 1.807) is 0 Å². The van der Waals surface area contributed by atoms with Crippen molar-refractivity contribution >= 4 is 34.7 Å². The van der Waals surface area contributed by atoms with Gasteiger partial charge in [0.15, 0.2) is 0 Å². The molecule has 18 heavy (non-hydrogen) atoms. The quantitative estimate of drug-likeness (QED) is 0.849. The van der Waals surface area contributed by atoms with Crippen LogP contribution in [-0.2, 0) is 0 Å². The summed E-state index contributed by atoms with van der Waals surface area (Å²) in [5.41, 5.74) is 5.59. The lowest BCUT2D eigenvalue weighted by Crippen LogP contribution is -2.43. The minimum absolute atomic E-state index is 0.00236. The van der Waals surface area contributed by atoms with Crippen LogP contribution in [0.5, 0.6) is 0 Å². The van der Waals surface area contributed by atoms with E-state index < -0.39 is 5.82 Å². The second-order valence-electron chi connectivity index (χ2n) is 4.18. The summed E-state index contributed by atoms with van der Waals surface area (Å²) in [6, 6.07) is 3.72. The van der Waals surface area contributed by atoms with Gasteiger partial charge in [-0.15, -0.1) is 0 Å². The van der Waals surface area contributed by atoms with Gasteiger partial charge in [-0.05, 0) is 31.0 Å². The summed E-state index contributed by atoms with van der Waals surface area (Å²) in [6.45, 7) is 0.545. The number of hydrogen-bond acceptors (Lipinski definition) is 2. The summed E-state index contributed by atoms with van der Waals surface area (Å²) < 4.78 is 13.7. The maximum Gasteiger partial charge on any atom is 0.257 e. The van der Waals surface area contributed by atoms with Crippen molar-refractivity contribution in [2.75, 3.05) is 6.54 Å². The lowest BCUT2D eigenvalue weighted by atomic mass is 10.1. The van der Waals surface area contributed by atoms with Gasteiger partial charge in [-0.25, -0.2) is 4.39 Å². The molecule has 1 aromatic carbocycles. The normalized spacial score (nSPS) is 19.0. The van der Waals surface area contributed by atoms with Gasteiger partial charge in [0.2, 0.25) is 0 Å². The molecule has 0 saturated carbocycles. The summed E-state index contributed by atoms with van der Waals surface area (Å²) in [6.07, 6.45) is 1.55. The molecule has 96 valence electrons. The molecular formula is C12H12ClFN2OS. The summed E-state index contributed by atoms with van der Waals surface area (Å²) >= 11 is 10.6. The van der Waals surface area contributed by atoms with Gasteiger partial charge in [-0.3, -0.25) is 4.79 Å². The Bertz CT molecular complexity index is 509. The summed E-state index contributed by atoms with van der Waals surface area (Å²) in [7, 11) is 0.